The first-order valence-corrected chi connectivity index (χ1v) is 6.35. The number of rotatable bonds is 5. The third-order valence-electron chi connectivity index (χ3n) is 3.14. The Balaban J connectivity index is 2.10. The van der Waals surface area contributed by atoms with Crippen LogP contribution in [0.25, 0.3) is 6.08 Å². The van der Waals surface area contributed by atoms with E-state index in [0.29, 0.717) is 6.42 Å². The summed E-state index contributed by atoms with van der Waals surface area (Å²) in [5.41, 5.74) is 0.595. The maximum Gasteiger partial charge on any atom is 0.116 e. The van der Waals surface area contributed by atoms with Crippen molar-refractivity contribution in [1.29, 1.82) is 0 Å². The van der Waals surface area contributed by atoms with Crippen LogP contribution >= 0.6 is 0 Å². The van der Waals surface area contributed by atoms with E-state index in [1.54, 1.807) is 0 Å². The third-order valence-corrected chi connectivity index (χ3v) is 3.14. The summed E-state index contributed by atoms with van der Waals surface area (Å²) >= 11 is 0. The van der Waals surface area contributed by atoms with Gasteiger partial charge < -0.3 is 10.2 Å². The molecule has 2 aromatic rings. The van der Waals surface area contributed by atoms with Crippen LogP contribution in [0.3, 0.4) is 0 Å². The average molecular weight is 254 g/mol. The highest BCUT2D eigenvalue weighted by Crippen LogP contribution is 2.25. The normalized spacial score (nSPS) is 14.4. The van der Waals surface area contributed by atoms with Crippen LogP contribution in [0, 0.1) is 0 Å². The van der Waals surface area contributed by atoms with Crippen molar-refractivity contribution in [2.45, 2.75) is 12.0 Å². The minimum Gasteiger partial charge on any atom is -0.393 e. The van der Waals surface area contributed by atoms with Gasteiger partial charge in [-0.3, -0.25) is 0 Å². The van der Waals surface area contributed by atoms with Crippen molar-refractivity contribution in [3.63, 3.8) is 0 Å². The quantitative estimate of drug-likeness (QED) is 0.861. The smallest absolute Gasteiger partial charge is 0.116 e. The Morgan fingerprint density at radius 3 is 2.05 bits per heavy atom. The number of hydrogen-bond donors (Lipinski definition) is 2. The Bertz CT molecular complexity index is 519. The number of benzene rings is 2. The van der Waals surface area contributed by atoms with Gasteiger partial charge in [-0.25, -0.2) is 0 Å². The minimum absolute atomic E-state index is 0.295. The average Bonchev–Trinajstić information content (AvgIpc) is 2.49. The minimum atomic E-state index is -1.22. The molecule has 19 heavy (non-hydrogen) atoms. The molecule has 0 unspecified atom stereocenters. The van der Waals surface area contributed by atoms with E-state index in [4.69, 9.17) is 0 Å². The first-order valence-electron chi connectivity index (χ1n) is 6.35. The van der Waals surface area contributed by atoms with Gasteiger partial charge in [-0.15, -0.1) is 0 Å². The SMILES string of the molecule is OC[C@@](O)(C/C=C/c1ccccc1)c1ccccc1. The fourth-order valence-corrected chi connectivity index (χ4v) is 1.98. The molecule has 0 aliphatic rings. The maximum absolute atomic E-state index is 10.5. The van der Waals surface area contributed by atoms with Gasteiger partial charge in [0.1, 0.15) is 5.60 Å². The fourth-order valence-electron chi connectivity index (χ4n) is 1.98. The van der Waals surface area contributed by atoms with Crippen LogP contribution in [-0.2, 0) is 5.60 Å². The number of aliphatic hydroxyl groups excluding tert-OH is 1. The van der Waals surface area contributed by atoms with Gasteiger partial charge in [-0.05, 0) is 11.1 Å². The molecule has 0 fully saturated rings. The largest absolute Gasteiger partial charge is 0.393 e. The van der Waals surface area contributed by atoms with Crippen LogP contribution in [0.5, 0.6) is 0 Å². The van der Waals surface area contributed by atoms with E-state index in [-0.39, 0.29) is 6.61 Å². The zero-order chi connectivity index (χ0) is 13.6. The summed E-state index contributed by atoms with van der Waals surface area (Å²) in [5, 5.41) is 19.9. The summed E-state index contributed by atoms with van der Waals surface area (Å²) in [7, 11) is 0. The molecule has 0 aliphatic heterocycles. The fraction of sp³-hybridized carbons (Fsp3) is 0.176. The van der Waals surface area contributed by atoms with E-state index < -0.39 is 5.60 Å². The first kappa shape index (κ1) is 13.5. The zero-order valence-electron chi connectivity index (χ0n) is 10.7. The summed E-state index contributed by atoms with van der Waals surface area (Å²) in [5.74, 6) is 0. The van der Waals surface area contributed by atoms with Crippen LogP contribution in [0.1, 0.15) is 17.5 Å². The summed E-state index contributed by atoms with van der Waals surface area (Å²) in [6.45, 7) is -0.295. The number of hydrogen-bond acceptors (Lipinski definition) is 2. The molecule has 0 radical (unpaired) electrons. The van der Waals surface area contributed by atoms with E-state index in [1.807, 2.05) is 72.8 Å². The second-order valence-electron chi connectivity index (χ2n) is 4.57. The molecule has 2 N–H and O–H groups in total. The summed E-state index contributed by atoms with van der Waals surface area (Å²) in [4.78, 5) is 0. The molecule has 2 heteroatoms. The zero-order valence-corrected chi connectivity index (χ0v) is 10.7. The van der Waals surface area contributed by atoms with Crippen LogP contribution < -0.4 is 0 Å². The molecule has 0 saturated heterocycles. The molecule has 2 rings (SSSR count). The molecule has 1 atom stereocenters. The van der Waals surface area contributed by atoms with Crippen molar-refractivity contribution < 1.29 is 10.2 Å². The lowest BCUT2D eigenvalue weighted by molar-refractivity contribution is -0.0163. The Morgan fingerprint density at radius 1 is 0.895 bits per heavy atom. The monoisotopic (exact) mass is 254 g/mol. The van der Waals surface area contributed by atoms with E-state index in [2.05, 4.69) is 0 Å². The van der Waals surface area contributed by atoms with Crippen LogP contribution in [-0.4, -0.2) is 16.8 Å². The second-order valence-corrected chi connectivity index (χ2v) is 4.57. The molecule has 0 heterocycles. The van der Waals surface area contributed by atoms with Crippen molar-refractivity contribution in [3.05, 3.63) is 77.9 Å². The molecule has 0 aromatic heterocycles. The Labute approximate surface area is 113 Å². The highest BCUT2D eigenvalue weighted by molar-refractivity contribution is 5.49. The molecular weight excluding hydrogens is 236 g/mol. The molecule has 0 aliphatic carbocycles. The van der Waals surface area contributed by atoms with Crippen molar-refractivity contribution in [3.8, 4) is 0 Å². The van der Waals surface area contributed by atoms with Gasteiger partial charge in [-0.2, -0.15) is 0 Å². The molecule has 0 saturated carbocycles. The van der Waals surface area contributed by atoms with Crippen LogP contribution in [0.4, 0.5) is 0 Å². The second kappa shape index (κ2) is 6.32. The van der Waals surface area contributed by atoms with Gasteiger partial charge in [-0.1, -0.05) is 72.8 Å². The number of aliphatic hydroxyl groups is 2. The highest BCUT2D eigenvalue weighted by atomic mass is 16.3. The molecule has 98 valence electrons. The summed E-state index contributed by atoms with van der Waals surface area (Å²) in [6, 6.07) is 19.2. The highest BCUT2D eigenvalue weighted by Gasteiger charge is 2.26. The Kier molecular flexibility index (Phi) is 4.50. The maximum atomic E-state index is 10.5. The Morgan fingerprint density at radius 2 is 1.47 bits per heavy atom. The van der Waals surface area contributed by atoms with Crippen molar-refractivity contribution in [2.24, 2.45) is 0 Å². The lowest BCUT2D eigenvalue weighted by Gasteiger charge is -2.24. The lowest BCUT2D eigenvalue weighted by Crippen LogP contribution is -2.29. The van der Waals surface area contributed by atoms with E-state index in [1.165, 1.54) is 0 Å². The van der Waals surface area contributed by atoms with E-state index in [0.717, 1.165) is 11.1 Å². The van der Waals surface area contributed by atoms with Crippen molar-refractivity contribution in [1.82, 2.24) is 0 Å². The molecule has 0 bridgehead atoms. The lowest BCUT2D eigenvalue weighted by atomic mass is 9.91. The van der Waals surface area contributed by atoms with E-state index >= 15 is 0 Å². The van der Waals surface area contributed by atoms with Crippen LogP contribution in [0.15, 0.2) is 66.7 Å². The molecule has 2 aromatic carbocycles. The van der Waals surface area contributed by atoms with Crippen molar-refractivity contribution >= 4 is 6.08 Å². The molecule has 0 spiro atoms. The standard InChI is InChI=1S/C17H18O2/c18-14-17(19,16-11-5-2-6-12-16)13-7-10-15-8-3-1-4-9-15/h1-12,18-19H,13-14H2/b10-7+/t17-/m0/s1. The van der Waals surface area contributed by atoms with Gasteiger partial charge in [0.05, 0.1) is 6.61 Å². The van der Waals surface area contributed by atoms with Gasteiger partial charge in [0, 0.05) is 6.42 Å². The van der Waals surface area contributed by atoms with Gasteiger partial charge >= 0.3 is 0 Å². The summed E-state index contributed by atoms with van der Waals surface area (Å²) < 4.78 is 0. The molecule has 2 nitrogen and oxygen atoms in total. The van der Waals surface area contributed by atoms with Gasteiger partial charge in [0.15, 0.2) is 0 Å². The summed E-state index contributed by atoms with van der Waals surface area (Å²) in [6.07, 6.45) is 4.21. The van der Waals surface area contributed by atoms with Crippen molar-refractivity contribution in [2.75, 3.05) is 6.61 Å². The molecule has 0 amide bonds. The third kappa shape index (κ3) is 3.53. The van der Waals surface area contributed by atoms with Gasteiger partial charge in [0.2, 0.25) is 0 Å². The topological polar surface area (TPSA) is 40.5 Å². The molecular formula is C17H18O2. The van der Waals surface area contributed by atoms with Gasteiger partial charge in [0.25, 0.3) is 0 Å². The van der Waals surface area contributed by atoms with E-state index in [9.17, 15) is 10.2 Å². The first-order chi connectivity index (χ1) is 9.24. The Hall–Kier alpha value is -1.90. The predicted octanol–water partition coefficient (Wildman–Crippen LogP) is 2.97. The predicted molar refractivity (Wildman–Crippen MR) is 77.5 cm³/mol. The van der Waals surface area contributed by atoms with Crippen LogP contribution in [0.2, 0.25) is 0 Å².